The molecule has 0 saturated carbocycles. The maximum atomic E-state index is 13.4. The molecule has 2 rings (SSSR count). The molecule has 1 amide bonds. The van der Waals surface area contributed by atoms with Crippen LogP contribution < -0.4 is 11.1 Å². The predicted molar refractivity (Wildman–Crippen MR) is 73.6 cm³/mol. The number of carbonyl (C=O) groups is 1. The number of nitrogens with two attached hydrogens (primary N) is 1. The quantitative estimate of drug-likeness (QED) is 0.831. The van der Waals surface area contributed by atoms with Gasteiger partial charge in [-0.2, -0.15) is 0 Å². The van der Waals surface area contributed by atoms with Gasteiger partial charge >= 0.3 is 0 Å². The number of hydrogen-bond acceptors (Lipinski definition) is 4. The molecule has 2 atom stereocenters. The molecule has 1 aliphatic heterocycles. The van der Waals surface area contributed by atoms with E-state index in [0.29, 0.717) is 26.3 Å². The molecule has 0 bridgehead atoms. The van der Waals surface area contributed by atoms with Crippen LogP contribution >= 0.6 is 0 Å². The molecule has 1 aromatic rings. The Hall–Kier alpha value is -1.50. The van der Waals surface area contributed by atoms with Crippen LogP contribution in [0.4, 0.5) is 4.39 Å². The average Bonchev–Trinajstić information content (AvgIpc) is 2.48. The molecule has 0 aliphatic carbocycles. The van der Waals surface area contributed by atoms with Crippen molar-refractivity contribution < 1.29 is 13.9 Å². The molecule has 0 aromatic heterocycles. The van der Waals surface area contributed by atoms with Gasteiger partial charge in [0.05, 0.1) is 13.2 Å². The summed E-state index contributed by atoms with van der Waals surface area (Å²) in [5, 5.41) is 2.63. The fraction of sp³-hybridized carbons (Fsp3) is 0.500. The Balaban J connectivity index is 2.26. The Morgan fingerprint density at radius 1 is 1.65 bits per heavy atom. The van der Waals surface area contributed by atoms with Crippen LogP contribution in [0.15, 0.2) is 24.3 Å². The Kier molecular flexibility index (Phi) is 5.05. The van der Waals surface area contributed by atoms with E-state index in [1.54, 1.807) is 13.1 Å². The highest BCUT2D eigenvalue weighted by atomic mass is 19.1. The monoisotopic (exact) mass is 281 g/mol. The highest BCUT2D eigenvalue weighted by Gasteiger charge is 2.34. The smallest absolute Gasteiger partial charge is 0.239 e. The maximum absolute atomic E-state index is 13.4. The van der Waals surface area contributed by atoms with Crippen LogP contribution in [0.25, 0.3) is 0 Å². The van der Waals surface area contributed by atoms with E-state index in [0.717, 1.165) is 5.56 Å². The molecule has 1 aliphatic rings. The summed E-state index contributed by atoms with van der Waals surface area (Å²) < 4.78 is 18.8. The van der Waals surface area contributed by atoms with Gasteiger partial charge < -0.3 is 15.8 Å². The standard InChI is InChI=1S/C14H20FN3O2/c1-17-14(19)13-9-20-6-5-18(13)12(8-16)10-3-2-4-11(15)7-10/h2-4,7,12-13H,5-6,8-9,16H2,1H3,(H,17,19). The minimum Gasteiger partial charge on any atom is -0.378 e. The molecular formula is C14H20FN3O2. The minimum atomic E-state index is -0.398. The van der Waals surface area contributed by atoms with Crippen molar-refractivity contribution in [2.45, 2.75) is 12.1 Å². The highest BCUT2D eigenvalue weighted by molar-refractivity contribution is 5.81. The van der Waals surface area contributed by atoms with Crippen LogP contribution in [0.1, 0.15) is 11.6 Å². The zero-order chi connectivity index (χ0) is 14.5. The van der Waals surface area contributed by atoms with Crippen LogP contribution in [0, 0.1) is 5.82 Å². The number of carbonyl (C=O) groups excluding carboxylic acids is 1. The van der Waals surface area contributed by atoms with Gasteiger partial charge in [0, 0.05) is 26.2 Å². The number of morpholine rings is 1. The van der Waals surface area contributed by atoms with Gasteiger partial charge in [-0.15, -0.1) is 0 Å². The lowest BCUT2D eigenvalue weighted by Crippen LogP contribution is -2.55. The summed E-state index contributed by atoms with van der Waals surface area (Å²) in [4.78, 5) is 13.9. The van der Waals surface area contributed by atoms with E-state index in [4.69, 9.17) is 10.5 Å². The summed E-state index contributed by atoms with van der Waals surface area (Å²) >= 11 is 0. The Morgan fingerprint density at radius 2 is 2.45 bits per heavy atom. The van der Waals surface area contributed by atoms with E-state index in [1.165, 1.54) is 12.1 Å². The highest BCUT2D eigenvalue weighted by Crippen LogP contribution is 2.24. The fourth-order valence-corrected chi connectivity index (χ4v) is 2.56. The molecule has 5 nitrogen and oxygen atoms in total. The molecular weight excluding hydrogens is 261 g/mol. The first-order valence-corrected chi connectivity index (χ1v) is 6.68. The van der Waals surface area contributed by atoms with Gasteiger partial charge in [-0.3, -0.25) is 9.69 Å². The maximum Gasteiger partial charge on any atom is 0.239 e. The number of hydrogen-bond donors (Lipinski definition) is 2. The third-order valence-corrected chi connectivity index (χ3v) is 3.58. The van der Waals surface area contributed by atoms with Crippen molar-refractivity contribution in [3.05, 3.63) is 35.6 Å². The van der Waals surface area contributed by atoms with Crippen LogP contribution in [0.2, 0.25) is 0 Å². The zero-order valence-corrected chi connectivity index (χ0v) is 11.5. The fourth-order valence-electron chi connectivity index (χ4n) is 2.56. The van der Waals surface area contributed by atoms with Crippen molar-refractivity contribution in [3.8, 4) is 0 Å². The molecule has 0 radical (unpaired) electrons. The first-order chi connectivity index (χ1) is 9.67. The summed E-state index contributed by atoms with van der Waals surface area (Å²) in [5.74, 6) is -0.412. The SMILES string of the molecule is CNC(=O)C1COCCN1C(CN)c1cccc(F)c1. The molecule has 6 heteroatoms. The summed E-state index contributed by atoms with van der Waals surface area (Å²) in [7, 11) is 1.59. The van der Waals surface area contributed by atoms with Gasteiger partial charge in [0.2, 0.25) is 5.91 Å². The number of benzene rings is 1. The van der Waals surface area contributed by atoms with Crippen LogP contribution in [0.3, 0.4) is 0 Å². The second-order valence-corrected chi connectivity index (χ2v) is 4.75. The topological polar surface area (TPSA) is 67.6 Å². The lowest BCUT2D eigenvalue weighted by molar-refractivity contribution is -0.134. The lowest BCUT2D eigenvalue weighted by Gasteiger charge is -2.39. The van der Waals surface area contributed by atoms with E-state index in [9.17, 15) is 9.18 Å². The molecule has 110 valence electrons. The molecule has 2 unspecified atom stereocenters. The van der Waals surface area contributed by atoms with Crippen molar-refractivity contribution >= 4 is 5.91 Å². The molecule has 3 N–H and O–H groups in total. The number of nitrogens with one attached hydrogen (secondary N) is 1. The van der Waals surface area contributed by atoms with Crippen LogP contribution in [0.5, 0.6) is 0 Å². The third-order valence-electron chi connectivity index (χ3n) is 3.58. The number of amides is 1. The second kappa shape index (κ2) is 6.78. The third kappa shape index (κ3) is 3.15. The van der Waals surface area contributed by atoms with E-state index in [1.807, 2.05) is 11.0 Å². The molecule has 1 saturated heterocycles. The molecule has 20 heavy (non-hydrogen) atoms. The van der Waals surface area contributed by atoms with Gasteiger partial charge in [0.15, 0.2) is 0 Å². The number of rotatable bonds is 4. The Morgan fingerprint density at radius 3 is 3.10 bits per heavy atom. The van der Waals surface area contributed by atoms with Gasteiger partial charge in [0.25, 0.3) is 0 Å². The van der Waals surface area contributed by atoms with Gasteiger partial charge in [-0.05, 0) is 17.7 Å². The normalized spacial score (nSPS) is 21.4. The van der Waals surface area contributed by atoms with Crippen molar-refractivity contribution in [1.82, 2.24) is 10.2 Å². The minimum absolute atomic E-state index is 0.112. The Bertz CT molecular complexity index is 469. The van der Waals surface area contributed by atoms with E-state index in [2.05, 4.69) is 5.32 Å². The first-order valence-electron chi connectivity index (χ1n) is 6.68. The summed E-state index contributed by atoms with van der Waals surface area (Å²) in [5.41, 5.74) is 6.63. The summed E-state index contributed by atoms with van der Waals surface area (Å²) in [6, 6.07) is 5.75. The molecule has 1 heterocycles. The van der Waals surface area contributed by atoms with Gasteiger partial charge in [-0.1, -0.05) is 12.1 Å². The number of nitrogens with zero attached hydrogens (tertiary/aromatic N) is 1. The number of likely N-dealkylation sites (N-methyl/N-ethyl adjacent to an activating group) is 1. The van der Waals surface area contributed by atoms with Crippen LogP contribution in [-0.4, -0.2) is 50.2 Å². The molecule has 0 spiro atoms. The average molecular weight is 281 g/mol. The summed E-state index contributed by atoms with van der Waals surface area (Å²) in [6.45, 7) is 1.78. The number of ether oxygens (including phenoxy) is 1. The zero-order valence-electron chi connectivity index (χ0n) is 11.5. The van der Waals surface area contributed by atoms with Crippen molar-refractivity contribution in [1.29, 1.82) is 0 Å². The van der Waals surface area contributed by atoms with Gasteiger partial charge in [0.1, 0.15) is 11.9 Å². The second-order valence-electron chi connectivity index (χ2n) is 4.75. The van der Waals surface area contributed by atoms with E-state index in [-0.39, 0.29) is 17.8 Å². The number of halogens is 1. The van der Waals surface area contributed by atoms with E-state index >= 15 is 0 Å². The predicted octanol–water partition coefficient (Wildman–Crippen LogP) is 0.272. The lowest BCUT2D eigenvalue weighted by atomic mass is 10.0. The summed E-state index contributed by atoms with van der Waals surface area (Å²) in [6.07, 6.45) is 0. The van der Waals surface area contributed by atoms with Crippen molar-refractivity contribution in [2.75, 3.05) is 33.4 Å². The molecule has 1 fully saturated rings. The van der Waals surface area contributed by atoms with Gasteiger partial charge in [-0.25, -0.2) is 4.39 Å². The van der Waals surface area contributed by atoms with E-state index < -0.39 is 6.04 Å². The largest absolute Gasteiger partial charge is 0.378 e. The first kappa shape index (κ1) is 14.9. The van der Waals surface area contributed by atoms with Crippen LogP contribution in [-0.2, 0) is 9.53 Å². The molecule has 1 aromatic carbocycles. The van der Waals surface area contributed by atoms with Crippen molar-refractivity contribution in [3.63, 3.8) is 0 Å². The van der Waals surface area contributed by atoms with Crippen molar-refractivity contribution in [2.24, 2.45) is 5.73 Å². The Labute approximate surface area is 117 Å².